The molecule has 0 radical (unpaired) electrons. The van der Waals surface area contributed by atoms with Gasteiger partial charge in [-0.2, -0.15) is 0 Å². The lowest BCUT2D eigenvalue weighted by atomic mass is 10.1. The predicted molar refractivity (Wildman–Crippen MR) is 90.3 cm³/mol. The third-order valence-corrected chi connectivity index (χ3v) is 3.70. The van der Waals surface area contributed by atoms with E-state index in [0.717, 1.165) is 11.1 Å². The second-order valence-corrected chi connectivity index (χ2v) is 5.67. The van der Waals surface area contributed by atoms with E-state index >= 15 is 0 Å². The van der Waals surface area contributed by atoms with E-state index in [2.05, 4.69) is 10.6 Å². The minimum absolute atomic E-state index is 0.0994. The van der Waals surface area contributed by atoms with E-state index in [1.165, 1.54) is 0 Å². The normalized spacial score (nSPS) is 13.7. The summed E-state index contributed by atoms with van der Waals surface area (Å²) < 4.78 is 0. The van der Waals surface area contributed by atoms with E-state index in [1.54, 1.807) is 24.3 Å². The maximum Gasteiger partial charge on any atom is 0.115 e. The van der Waals surface area contributed by atoms with Crippen molar-refractivity contribution in [2.24, 2.45) is 0 Å². The smallest absolute Gasteiger partial charge is 0.115 e. The van der Waals surface area contributed by atoms with Gasteiger partial charge in [-0.1, -0.05) is 24.3 Å². The molecule has 0 spiro atoms. The second-order valence-electron chi connectivity index (χ2n) is 5.67. The van der Waals surface area contributed by atoms with Crippen molar-refractivity contribution in [3.05, 3.63) is 59.7 Å². The van der Waals surface area contributed by atoms with E-state index in [1.807, 2.05) is 31.2 Å². The Bertz CT molecular complexity index is 584. The van der Waals surface area contributed by atoms with Crippen LogP contribution in [-0.4, -0.2) is 34.5 Å². The molecule has 2 aromatic carbocycles. The van der Waals surface area contributed by atoms with Crippen LogP contribution in [0.1, 0.15) is 24.1 Å². The first-order valence-electron chi connectivity index (χ1n) is 7.73. The van der Waals surface area contributed by atoms with E-state index < -0.39 is 6.10 Å². The van der Waals surface area contributed by atoms with E-state index in [9.17, 15) is 15.3 Å². The minimum atomic E-state index is -0.494. The van der Waals surface area contributed by atoms with Gasteiger partial charge < -0.3 is 26.0 Å². The zero-order chi connectivity index (χ0) is 16.7. The van der Waals surface area contributed by atoms with Crippen LogP contribution in [0.5, 0.6) is 11.5 Å². The number of phenolic OH excluding ortho intramolecular Hbond substituents is 2. The largest absolute Gasteiger partial charge is 0.508 e. The summed E-state index contributed by atoms with van der Waals surface area (Å²) in [6.45, 7) is 3.62. The number of nitrogens with one attached hydrogen (secondary N) is 2. The van der Waals surface area contributed by atoms with Crippen LogP contribution in [0.3, 0.4) is 0 Å². The van der Waals surface area contributed by atoms with Crippen molar-refractivity contribution in [2.75, 3.05) is 13.1 Å². The van der Waals surface area contributed by atoms with Crippen LogP contribution in [0.2, 0.25) is 0 Å². The molecule has 0 fully saturated rings. The van der Waals surface area contributed by atoms with Crippen molar-refractivity contribution >= 4 is 0 Å². The molecule has 2 aromatic rings. The van der Waals surface area contributed by atoms with Crippen LogP contribution < -0.4 is 10.6 Å². The Kier molecular flexibility index (Phi) is 6.40. The summed E-state index contributed by atoms with van der Waals surface area (Å²) in [6.07, 6.45) is -0.494. The van der Waals surface area contributed by atoms with Crippen molar-refractivity contribution in [2.45, 2.75) is 25.6 Å². The molecule has 0 bridgehead atoms. The lowest BCUT2D eigenvalue weighted by Gasteiger charge is -2.18. The monoisotopic (exact) mass is 316 g/mol. The van der Waals surface area contributed by atoms with Gasteiger partial charge in [0.05, 0.1) is 6.10 Å². The molecule has 0 amide bonds. The van der Waals surface area contributed by atoms with Crippen LogP contribution in [0.4, 0.5) is 0 Å². The molecule has 0 heterocycles. The summed E-state index contributed by atoms with van der Waals surface area (Å²) >= 11 is 0. The van der Waals surface area contributed by atoms with Gasteiger partial charge in [-0.25, -0.2) is 0 Å². The molecule has 0 aromatic heterocycles. The zero-order valence-corrected chi connectivity index (χ0v) is 13.2. The van der Waals surface area contributed by atoms with Gasteiger partial charge in [-0.15, -0.1) is 0 Å². The molecule has 124 valence electrons. The van der Waals surface area contributed by atoms with E-state index in [0.29, 0.717) is 19.6 Å². The van der Waals surface area contributed by atoms with Gasteiger partial charge in [0.2, 0.25) is 0 Å². The summed E-state index contributed by atoms with van der Waals surface area (Å²) in [7, 11) is 0. The molecule has 2 rings (SSSR count). The molecule has 0 aliphatic carbocycles. The van der Waals surface area contributed by atoms with Gasteiger partial charge in [0.1, 0.15) is 11.5 Å². The highest BCUT2D eigenvalue weighted by molar-refractivity contribution is 5.27. The molecule has 2 atom stereocenters. The zero-order valence-electron chi connectivity index (χ0n) is 13.2. The van der Waals surface area contributed by atoms with Crippen LogP contribution >= 0.6 is 0 Å². The number of rotatable bonds is 8. The van der Waals surface area contributed by atoms with Crippen molar-refractivity contribution in [3.8, 4) is 11.5 Å². The van der Waals surface area contributed by atoms with Crippen molar-refractivity contribution < 1.29 is 15.3 Å². The summed E-state index contributed by atoms with van der Waals surface area (Å²) in [5.74, 6) is 0.501. The first-order chi connectivity index (χ1) is 11.0. The fourth-order valence-electron chi connectivity index (χ4n) is 2.26. The van der Waals surface area contributed by atoms with E-state index in [4.69, 9.17) is 0 Å². The van der Waals surface area contributed by atoms with Gasteiger partial charge >= 0.3 is 0 Å². The fraction of sp³-hybridized carbons (Fsp3) is 0.333. The highest BCUT2D eigenvalue weighted by atomic mass is 16.3. The van der Waals surface area contributed by atoms with Crippen molar-refractivity contribution in [1.29, 1.82) is 0 Å². The molecule has 5 heteroatoms. The fourth-order valence-corrected chi connectivity index (χ4v) is 2.26. The van der Waals surface area contributed by atoms with Crippen LogP contribution in [0, 0.1) is 0 Å². The quantitative estimate of drug-likeness (QED) is 0.514. The molecular weight excluding hydrogens is 292 g/mol. The highest BCUT2D eigenvalue weighted by Crippen LogP contribution is 2.16. The topological polar surface area (TPSA) is 84.8 Å². The van der Waals surface area contributed by atoms with Gasteiger partial charge in [-0.05, 0) is 42.3 Å². The Labute approximate surface area is 136 Å². The standard InChI is InChI=1S/C18H24N2O3/c1-13(15-4-8-17(22)9-5-15)20-12-18(23)11-19-10-14-2-6-16(21)7-3-14/h2-9,13,18-23H,10-12H2,1H3/t13-,18?/m0/s1. The molecular formula is C18H24N2O3. The summed E-state index contributed by atoms with van der Waals surface area (Å²) in [4.78, 5) is 0. The molecule has 0 saturated carbocycles. The van der Waals surface area contributed by atoms with Crippen LogP contribution in [0.15, 0.2) is 48.5 Å². The van der Waals surface area contributed by atoms with Crippen LogP contribution in [0.25, 0.3) is 0 Å². The summed E-state index contributed by atoms with van der Waals surface area (Å²) in [6, 6.07) is 14.1. The lowest BCUT2D eigenvalue weighted by molar-refractivity contribution is 0.164. The van der Waals surface area contributed by atoms with Gasteiger partial charge in [0.15, 0.2) is 0 Å². The maximum absolute atomic E-state index is 10.0. The van der Waals surface area contributed by atoms with Gasteiger partial charge in [-0.3, -0.25) is 0 Å². The molecule has 0 aliphatic heterocycles. The number of phenols is 2. The summed E-state index contributed by atoms with van der Waals surface area (Å²) in [5, 5.41) is 35.0. The Morgan fingerprint density at radius 1 is 0.870 bits per heavy atom. The molecule has 0 saturated heterocycles. The Morgan fingerprint density at radius 2 is 1.43 bits per heavy atom. The van der Waals surface area contributed by atoms with Crippen LogP contribution in [-0.2, 0) is 6.54 Å². The number of hydrogen-bond acceptors (Lipinski definition) is 5. The Hall–Kier alpha value is -2.08. The number of hydrogen-bond donors (Lipinski definition) is 5. The number of aliphatic hydroxyl groups excluding tert-OH is 1. The van der Waals surface area contributed by atoms with Crippen molar-refractivity contribution in [3.63, 3.8) is 0 Å². The Balaban J connectivity index is 1.67. The molecule has 1 unspecified atom stereocenters. The molecule has 0 aliphatic rings. The van der Waals surface area contributed by atoms with Gasteiger partial charge in [0.25, 0.3) is 0 Å². The van der Waals surface area contributed by atoms with E-state index in [-0.39, 0.29) is 17.5 Å². The minimum Gasteiger partial charge on any atom is -0.508 e. The van der Waals surface area contributed by atoms with Gasteiger partial charge in [0, 0.05) is 25.7 Å². The third kappa shape index (κ3) is 5.90. The third-order valence-electron chi connectivity index (χ3n) is 3.70. The Morgan fingerprint density at radius 3 is 2.04 bits per heavy atom. The molecule has 5 nitrogen and oxygen atoms in total. The lowest BCUT2D eigenvalue weighted by Crippen LogP contribution is -2.36. The SMILES string of the molecule is C[C@H](NCC(O)CNCc1ccc(O)cc1)c1ccc(O)cc1. The summed E-state index contributed by atoms with van der Waals surface area (Å²) in [5.41, 5.74) is 2.12. The first kappa shape index (κ1) is 17.3. The molecule has 5 N–H and O–H groups in total. The average Bonchev–Trinajstić information content (AvgIpc) is 2.55. The second kappa shape index (κ2) is 8.53. The number of aromatic hydroxyl groups is 2. The number of benzene rings is 2. The number of aliphatic hydroxyl groups is 1. The predicted octanol–water partition coefficient (Wildman–Crippen LogP) is 1.90. The van der Waals surface area contributed by atoms with Crippen molar-refractivity contribution in [1.82, 2.24) is 10.6 Å². The highest BCUT2D eigenvalue weighted by Gasteiger charge is 2.08. The molecule has 23 heavy (non-hydrogen) atoms. The average molecular weight is 316 g/mol. The maximum atomic E-state index is 10.0. The first-order valence-corrected chi connectivity index (χ1v) is 7.73.